The molecule has 0 saturated heterocycles. The predicted molar refractivity (Wildman–Crippen MR) is 80.7 cm³/mol. The van der Waals surface area contributed by atoms with Crippen molar-refractivity contribution >= 4 is 24.2 Å². The summed E-state index contributed by atoms with van der Waals surface area (Å²) in [5.41, 5.74) is 1.26. The number of fused-ring (bicyclic) bond motifs is 1. The maximum absolute atomic E-state index is 11.8. The molecule has 106 valence electrons. The molecule has 0 spiro atoms. The molecule has 1 unspecified atom stereocenters. The van der Waals surface area contributed by atoms with Crippen LogP contribution in [0.25, 0.3) is 0 Å². The summed E-state index contributed by atoms with van der Waals surface area (Å²) in [7, 11) is 1.97. The smallest absolute Gasteiger partial charge is 0.272 e. The number of H-pyrrole nitrogens is 1. The Morgan fingerprint density at radius 3 is 2.89 bits per heavy atom. The van der Waals surface area contributed by atoms with E-state index in [4.69, 9.17) is 0 Å². The van der Waals surface area contributed by atoms with Crippen LogP contribution in [0.3, 0.4) is 0 Å². The van der Waals surface area contributed by atoms with E-state index in [2.05, 4.69) is 47.0 Å². The zero-order valence-corrected chi connectivity index (χ0v) is 12.5. The number of thiol groups is 1. The Hall–Kier alpha value is -1.14. The second-order valence-electron chi connectivity index (χ2n) is 5.35. The molecule has 0 aliphatic carbocycles. The highest BCUT2D eigenvalue weighted by atomic mass is 32.1. The van der Waals surface area contributed by atoms with E-state index in [0.717, 1.165) is 18.7 Å². The lowest BCUT2D eigenvalue weighted by Gasteiger charge is -2.37. The first kappa shape index (κ1) is 14.3. The molecule has 1 aliphatic rings. The van der Waals surface area contributed by atoms with Crippen LogP contribution in [0, 0.1) is 5.92 Å². The SMILES string of the molecule is CNC(CC(C)C)CN1c2cc[nH]c2C(=O)N[C@@H]1S. The molecular formula is C13H22N4OS. The fourth-order valence-corrected chi connectivity index (χ4v) is 2.81. The summed E-state index contributed by atoms with van der Waals surface area (Å²) >= 11 is 4.47. The van der Waals surface area contributed by atoms with Crippen molar-refractivity contribution in [2.45, 2.75) is 31.8 Å². The summed E-state index contributed by atoms with van der Waals surface area (Å²) < 4.78 is 0. The van der Waals surface area contributed by atoms with Crippen LogP contribution in [-0.4, -0.2) is 36.0 Å². The quantitative estimate of drug-likeness (QED) is 0.618. The topological polar surface area (TPSA) is 60.2 Å². The predicted octanol–water partition coefficient (Wildman–Crippen LogP) is 1.41. The molecule has 1 amide bonds. The van der Waals surface area contributed by atoms with Crippen molar-refractivity contribution < 1.29 is 4.79 Å². The molecule has 1 aromatic heterocycles. The average Bonchev–Trinajstić information content (AvgIpc) is 2.81. The Balaban J connectivity index is 2.15. The van der Waals surface area contributed by atoms with Gasteiger partial charge in [-0.05, 0) is 25.5 Å². The molecular weight excluding hydrogens is 260 g/mol. The Labute approximate surface area is 119 Å². The van der Waals surface area contributed by atoms with Crippen molar-refractivity contribution in [3.63, 3.8) is 0 Å². The lowest BCUT2D eigenvalue weighted by molar-refractivity contribution is 0.0937. The molecule has 2 rings (SSSR count). The third kappa shape index (κ3) is 3.06. The Morgan fingerprint density at radius 1 is 1.53 bits per heavy atom. The Morgan fingerprint density at radius 2 is 2.26 bits per heavy atom. The van der Waals surface area contributed by atoms with Crippen LogP contribution in [0.2, 0.25) is 0 Å². The number of nitrogens with zero attached hydrogens (tertiary/aromatic N) is 1. The fraction of sp³-hybridized carbons (Fsp3) is 0.615. The molecule has 19 heavy (non-hydrogen) atoms. The lowest BCUT2D eigenvalue weighted by Crippen LogP contribution is -2.53. The van der Waals surface area contributed by atoms with E-state index in [9.17, 15) is 4.79 Å². The van der Waals surface area contributed by atoms with Crippen molar-refractivity contribution in [2.24, 2.45) is 5.92 Å². The highest BCUT2D eigenvalue weighted by Gasteiger charge is 2.30. The van der Waals surface area contributed by atoms with Crippen LogP contribution in [0.1, 0.15) is 30.8 Å². The number of aromatic amines is 1. The van der Waals surface area contributed by atoms with E-state index in [-0.39, 0.29) is 11.4 Å². The second kappa shape index (κ2) is 5.88. The summed E-state index contributed by atoms with van der Waals surface area (Å²) in [4.78, 5) is 16.9. The molecule has 0 saturated carbocycles. The van der Waals surface area contributed by atoms with Gasteiger partial charge in [-0.15, -0.1) is 12.6 Å². The highest BCUT2D eigenvalue weighted by molar-refractivity contribution is 7.81. The number of hydrogen-bond donors (Lipinski definition) is 4. The van der Waals surface area contributed by atoms with Crippen molar-refractivity contribution in [2.75, 3.05) is 18.5 Å². The van der Waals surface area contributed by atoms with Gasteiger partial charge in [0, 0.05) is 18.8 Å². The zero-order chi connectivity index (χ0) is 14.0. The van der Waals surface area contributed by atoms with Crippen LogP contribution in [0.5, 0.6) is 0 Å². The highest BCUT2D eigenvalue weighted by Crippen LogP contribution is 2.27. The maximum atomic E-state index is 11.8. The van der Waals surface area contributed by atoms with Crippen molar-refractivity contribution in [3.05, 3.63) is 18.0 Å². The zero-order valence-electron chi connectivity index (χ0n) is 11.6. The van der Waals surface area contributed by atoms with Gasteiger partial charge in [0.15, 0.2) is 0 Å². The number of amides is 1. The molecule has 1 aromatic rings. The molecule has 2 atom stereocenters. The normalized spacial score (nSPS) is 20.4. The first-order valence-electron chi connectivity index (χ1n) is 6.63. The summed E-state index contributed by atoms with van der Waals surface area (Å²) in [6.07, 6.45) is 2.88. The van der Waals surface area contributed by atoms with E-state index in [1.54, 1.807) is 6.20 Å². The van der Waals surface area contributed by atoms with Gasteiger partial charge in [-0.2, -0.15) is 0 Å². The molecule has 2 heterocycles. The molecule has 3 N–H and O–H groups in total. The van der Waals surface area contributed by atoms with Gasteiger partial charge in [0.25, 0.3) is 5.91 Å². The molecule has 0 fully saturated rings. The minimum Gasteiger partial charge on any atom is -0.355 e. The minimum absolute atomic E-state index is 0.0962. The van der Waals surface area contributed by atoms with Crippen molar-refractivity contribution in [3.8, 4) is 0 Å². The number of nitrogens with one attached hydrogen (secondary N) is 3. The number of carbonyl (C=O) groups is 1. The van der Waals surface area contributed by atoms with E-state index < -0.39 is 0 Å². The third-order valence-electron chi connectivity index (χ3n) is 3.40. The number of rotatable bonds is 5. The summed E-state index contributed by atoms with van der Waals surface area (Å²) in [5.74, 6) is 0.530. The summed E-state index contributed by atoms with van der Waals surface area (Å²) in [6, 6.07) is 2.30. The number of hydrogen-bond acceptors (Lipinski definition) is 4. The van der Waals surface area contributed by atoms with Gasteiger partial charge >= 0.3 is 0 Å². The van der Waals surface area contributed by atoms with Crippen LogP contribution in [0.15, 0.2) is 12.3 Å². The molecule has 6 heteroatoms. The van der Waals surface area contributed by atoms with Crippen molar-refractivity contribution in [1.29, 1.82) is 0 Å². The fourth-order valence-electron chi connectivity index (χ4n) is 2.47. The Bertz CT molecular complexity index is 446. The Kier molecular flexibility index (Phi) is 4.42. The lowest BCUT2D eigenvalue weighted by atomic mass is 10.0. The average molecular weight is 282 g/mol. The van der Waals surface area contributed by atoms with Crippen LogP contribution >= 0.6 is 12.6 Å². The van der Waals surface area contributed by atoms with E-state index in [0.29, 0.717) is 17.7 Å². The third-order valence-corrected chi connectivity index (χ3v) is 3.81. The summed E-state index contributed by atoms with van der Waals surface area (Å²) in [5, 5.41) is 6.18. The summed E-state index contributed by atoms with van der Waals surface area (Å²) in [6.45, 7) is 5.23. The van der Waals surface area contributed by atoms with Crippen LogP contribution < -0.4 is 15.5 Å². The molecule has 1 aliphatic heterocycles. The number of likely N-dealkylation sites (N-methyl/N-ethyl adjacent to an activating group) is 1. The number of aromatic nitrogens is 1. The molecule has 0 radical (unpaired) electrons. The first-order chi connectivity index (χ1) is 9.02. The second-order valence-corrected chi connectivity index (χ2v) is 5.84. The molecule has 0 aromatic carbocycles. The van der Waals surface area contributed by atoms with E-state index in [1.807, 2.05) is 13.1 Å². The van der Waals surface area contributed by atoms with Gasteiger partial charge in [-0.1, -0.05) is 13.8 Å². The molecule has 5 nitrogen and oxygen atoms in total. The van der Waals surface area contributed by atoms with Gasteiger partial charge in [0.05, 0.1) is 5.69 Å². The van der Waals surface area contributed by atoms with Crippen molar-refractivity contribution in [1.82, 2.24) is 15.6 Å². The van der Waals surface area contributed by atoms with E-state index >= 15 is 0 Å². The van der Waals surface area contributed by atoms with Gasteiger partial charge in [0.1, 0.15) is 11.2 Å². The number of carbonyl (C=O) groups excluding carboxylic acids is 1. The standard InChI is InChI=1S/C13H22N4OS/c1-8(2)6-9(14-3)7-17-10-4-5-15-11(10)12(18)16-13(17)19/h4-5,8-9,13-15,19H,6-7H2,1-3H3,(H,16,18)/t9?,13-/m0/s1. The van der Waals surface area contributed by atoms with Gasteiger partial charge < -0.3 is 20.5 Å². The van der Waals surface area contributed by atoms with Crippen LogP contribution in [-0.2, 0) is 0 Å². The van der Waals surface area contributed by atoms with Crippen LogP contribution in [0.4, 0.5) is 5.69 Å². The van der Waals surface area contributed by atoms with E-state index in [1.165, 1.54) is 0 Å². The minimum atomic E-state index is -0.279. The molecule has 0 bridgehead atoms. The monoisotopic (exact) mass is 282 g/mol. The first-order valence-corrected chi connectivity index (χ1v) is 7.14. The van der Waals surface area contributed by atoms with Gasteiger partial charge in [0.2, 0.25) is 0 Å². The number of anilines is 1. The van der Waals surface area contributed by atoms with Gasteiger partial charge in [-0.3, -0.25) is 4.79 Å². The maximum Gasteiger partial charge on any atom is 0.272 e. The largest absolute Gasteiger partial charge is 0.355 e. The van der Waals surface area contributed by atoms with Gasteiger partial charge in [-0.25, -0.2) is 0 Å².